The fraction of sp³-hybridized carbons (Fsp3) is 0.250. The van der Waals surface area contributed by atoms with Gasteiger partial charge in [-0.25, -0.2) is 0 Å². The van der Waals surface area contributed by atoms with Crippen LogP contribution in [0.15, 0.2) is 48.5 Å². The summed E-state index contributed by atoms with van der Waals surface area (Å²) in [4.78, 5) is 0. The minimum absolute atomic E-state index is 0.915. The van der Waals surface area contributed by atoms with Gasteiger partial charge in [0.1, 0.15) is 0 Å². The van der Waals surface area contributed by atoms with Gasteiger partial charge in [0.05, 0.1) is 0 Å². The summed E-state index contributed by atoms with van der Waals surface area (Å²) in [5.74, 6) is 0. The first kappa shape index (κ1) is 11.7. The van der Waals surface area contributed by atoms with Gasteiger partial charge in [-0.1, -0.05) is 49.7 Å². The number of benzene rings is 2. The van der Waals surface area contributed by atoms with Crippen molar-refractivity contribution in [2.75, 3.05) is 5.73 Å². The van der Waals surface area contributed by atoms with Crippen LogP contribution in [0.2, 0.25) is 0 Å². The summed E-state index contributed by atoms with van der Waals surface area (Å²) in [6.07, 6.45) is 3.47. The maximum Gasteiger partial charge on any atom is 0.0346 e. The molecule has 2 N–H and O–H groups in total. The zero-order valence-corrected chi connectivity index (χ0v) is 10.3. The lowest BCUT2D eigenvalue weighted by Crippen LogP contribution is -1.95. The molecule has 0 aliphatic rings. The summed E-state index contributed by atoms with van der Waals surface area (Å²) in [6, 6.07) is 16.8. The van der Waals surface area contributed by atoms with Crippen LogP contribution in [-0.4, -0.2) is 0 Å². The highest BCUT2D eigenvalue weighted by molar-refractivity contribution is 5.67. The van der Waals surface area contributed by atoms with Crippen LogP contribution in [0.5, 0.6) is 0 Å². The fourth-order valence-electron chi connectivity index (χ4n) is 2.00. The minimum Gasteiger partial charge on any atom is -0.399 e. The lowest BCUT2D eigenvalue weighted by Gasteiger charge is -2.08. The van der Waals surface area contributed by atoms with Crippen molar-refractivity contribution in [3.05, 3.63) is 54.1 Å². The maximum atomic E-state index is 6.01. The minimum atomic E-state index is 0.915. The second kappa shape index (κ2) is 5.53. The average molecular weight is 225 g/mol. The van der Waals surface area contributed by atoms with Crippen molar-refractivity contribution in [1.82, 2.24) is 0 Å². The predicted molar refractivity (Wildman–Crippen MR) is 74.9 cm³/mol. The van der Waals surface area contributed by atoms with E-state index in [1.165, 1.54) is 29.5 Å². The van der Waals surface area contributed by atoms with E-state index in [4.69, 9.17) is 5.73 Å². The molecule has 0 spiro atoms. The van der Waals surface area contributed by atoms with Gasteiger partial charge in [-0.05, 0) is 41.7 Å². The number of nitrogen functional groups attached to an aromatic ring is 1. The number of nitrogens with two attached hydrogens (primary N) is 1. The van der Waals surface area contributed by atoms with Gasteiger partial charge in [-0.3, -0.25) is 0 Å². The second-order valence-corrected chi connectivity index (χ2v) is 4.38. The van der Waals surface area contributed by atoms with E-state index >= 15 is 0 Å². The Bertz CT molecular complexity index is 474. The molecular weight excluding hydrogens is 206 g/mol. The molecule has 0 saturated carbocycles. The highest BCUT2D eigenvalue weighted by Gasteiger charge is 2.02. The van der Waals surface area contributed by atoms with Crippen molar-refractivity contribution in [2.45, 2.75) is 26.2 Å². The Morgan fingerprint density at radius 2 is 1.71 bits per heavy atom. The quantitative estimate of drug-likeness (QED) is 0.772. The second-order valence-electron chi connectivity index (χ2n) is 4.38. The van der Waals surface area contributed by atoms with Crippen molar-refractivity contribution < 1.29 is 0 Å². The molecule has 0 amide bonds. The Morgan fingerprint density at radius 1 is 0.941 bits per heavy atom. The average Bonchev–Trinajstić information content (AvgIpc) is 2.39. The Kier molecular flexibility index (Phi) is 3.81. The highest BCUT2D eigenvalue weighted by atomic mass is 14.6. The first-order valence-corrected chi connectivity index (χ1v) is 6.25. The van der Waals surface area contributed by atoms with Crippen LogP contribution in [0.1, 0.15) is 25.3 Å². The van der Waals surface area contributed by atoms with Crippen LogP contribution in [-0.2, 0) is 6.42 Å². The molecule has 0 bridgehead atoms. The van der Waals surface area contributed by atoms with Gasteiger partial charge in [0, 0.05) is 5.69 Å². The molecule has 1 nitrogen and oxygen atoms in total. The number of hydrogen-bond donors (Lipinski definition) is 1. The topological polar surface area (TPSA) is 26.0 Å². The smallest absolute Gasteiger partial charge is 0.0346 e. The standard InChI is InChI=1S/C16H19N/c1-2-3-7-15-12-14(10-11-16(15)17)13-8-5-4-6-9-13/h4-6,8-12H,2-3,7,17H2,1H3. The molecule has 0 atom stereocenters. The van der Waals surface area contributed by atoms with Gasteiger partial charge in [-0.2, -0.15) is 0 Å². The van der Waals surface area contributed by atoms with Crippen LogP contribution in [0.3, 0.4) is 0 Å². The lowest BCUT2D eigenvalue weighted by atomic mass is 9.99. The summed E-state index contributed by atoms with van der Waals surface area (Å²) in [5.41, 5.74) is 10.7. The Labute approximate surface area is 103 Å². The molecule has 0 saturated heterocycles. The largest absolute Gasteiger partial charge is 0.399 e. The monoisotopic (exact) mass is 225 g/mol. The van der Waals surface area contributed by atoms with E-state index < -0.39 is 0 Å². The van der Waals surface area contributed by atoms with E-state index in [2.05, 4.69) is 43.3 Å². The molecule has 0 radical (unpaired) electrons. The van der Waals surface area contributed by atoms with Crippen molar-refractivity contribution in [2.24, 2.45) is 0 Å². The fourth-order valence-corrected chi connectivity index (χ4v) is 2.00. The molecule has 2 aromatic rings. The summed E-state index contributed by atoms with van der Waals surface area (Å²) in [7, 11) is 0. The van der Waals surface area contributed by atoms with Crippen molar-refractivity contribution in [1.29, 1.82) is 0 Å². The molecule has 0 aliphatic heterocycles. The molecule has 0 unspecified atom stereocenters. The van der Waals surface area contributed by atoms with Gasteiger partial charge in [0.25, 0.3) is 0 Å². The zero-order chi connectivity index (χ0) is 12.1. The molecule has 88 valence electrons. The third kappa shape index (κ3) is 2.88. The van der Waals surface area contributed by atoms with Crippen LogP contribution in [0.4, 0.5) is 5.69 Å². The molecule has 2 rings (SSSR count). The van der Waals surface area contributed by atoms with Crippen molar-refractivity contribution in [3.8, 4) is 11.1 Å². The van der Waals surface area contributed by atoms with Crippen LogP contribution in [0, 0.1) is 0 Å². The zero-order valence-electron chi connectivity index (χ0n) is 10.3. The van der Waals surface area contributed by atoms with E-state index in [0.29, 0.717) is 0 Å². The third-order valence-corrected chi connectivity index (χ3v) is 3.05. The first-order valence-electron chi connectivity index (χ1n) is 6.25. The molecule has 0 heterocycles. The Hall–Kier alpha value is -1.76. The number of anilines is 1. The van der Waals surface area contributed by atoms with E-state index in [0.717, 1.165) is 12.1 Å². The molecule has 2 aromatic carbocycles. The first-order chi connectivity index (χ1) is 8.31. The maximum absolute atomic E-state index is 6.01. The molecule has 17 heavy (non-hydrogen) atoms. The summed E-state index contributed by atoms with van der Waals surface area (Å²) < 4.78 is 0. The molecule has 0 fully saturated rings. The van der Waals surface area contributed by atoms with Crippen LogP contribution in [0.25, 0.3) is 11.1 Å². The predicted octanol–water partition coefficient (Wildman–Crippen LogP) is 4.28. The molecule has 0 aromatic heterocycles. The SMILES string of the molecule is CCCCc1cc(-c2ccccc2)ccc1N. The van der Waals surface area contributed by atoms with Crippen molar-refractivity contribution in [3.63, 3.8) is 0 Å². The number of hydrogen-bond acceptors (Lipinski definition) is 1. The van der Waals surface area contributed by atoms with Gasteiger partial charge in [-0.15, -0.1) is 0 Å². The number of aryl methyl sites for hydroxylation is 1. The van der Waals surface area contributed by atoms with Crippen molar-refractivity contribution >= 4 is 5.69 Å². The van der Waals surface area contributed by atoms with Gasteiger partial charge < -0.3 is 5.73 Å². The number of rotatable bonds is 4. The van der Waals surface area contributed by atoms with Gasteiger partial charge >= 0.3 is 0 Å². The third-order valence-electron chi connectivity index (χ3n) is 3.05. The van der Waals surface area contributed by atoms with E-state index in [9.17, 15) is 0 Å². The van der Waals surface area contributed by atoms with E-state index in [-0.39, 0.29) is 0 Å². The highest BCUT2D eigenvalue weighted by Crippen LogP contribution is 2.24. The summed E-state index contributed by atoms with van der Waals surface area (Å²) >= 11 is 0. The Balaban J connectivity index is 2.31. The molecule has 0 aliphatic carbocycles. The molecular formula is C16H19N. The summed E-state index contributed by atoms with van der Waals surface area (Å²) in [6.45, 7) is 2.21. The summed E-state index contributed by atoms with van der Waals surface area (Å²) in [5, 5.41) is 0. The number of unbranched alkanes of at least 4 members (excludes halogenated alkanes) is 1. The lowest BCUT2D eigenvalue weighted by molar-refractivity contribution is 0.797. The normalized spacial score (nSPS) is 10.4. The van der Waals surface area contributed by atoms with Crippen LogP contribution < -0.4 is 5.73 Å². The van der Waals surface area contributed by atoms with E-state index in [1.54, 1.807) is 0 Å². The molecule has 1 heteroatoms. The van der Waals surface area contributed by atoms with Gasteiger partial charge in [0.2, 0.25) is 0 Å². The Morgan fingerprint density at radius 3 is 2.41 bits per heavy atom. The van der Waals surface area contributed by atoms with Gasteiger partial charge in [0.15, 0.2) is 0 Å². The van der Waals surface area contributed by atoms with E-state index in [1.807, 2.05) is 12.1 Å². The van der Waals surface area contributed by atoms with Crippen LogP contribution >= 0.6 is 0 Å².